The Hall–Kier alpha value is -1.22. The van der Waals surface area contributed by atoms with Crippen molar-refractivity contribution < 1.29 is 34.0 Å². The van der Waals surface area contributed by atoms with Gasteiger partial charge in [-0.1, -0.05) is 36.8 Å². The van der Waals surface area contributed by atoms with Crippen molar-refractivity contribution in [1.82, 2.24) is 0 Å². The van der Waals surface area contributed by atoms with Gasteiger partial charge < -0.3 is 20.7 Å². The van der Waals surface area contributed by atoms with Crippen LogP contribution in [0.4, 0.5) is 4.79 Å². The Morgan fingerprint density at radius 1 is 1.43 bits per heavy atom. The maximum absolute atomic E-state index is 12.0. The first kappa shape index (κ1) is 18.1. The highest BCUT2D eigenvalue weighted by molar-refractivity contribution is 5.71. The monoisotopic (exact) mass is 331 g/mol. The summed E-state index contributed by atoms with van der Waals surface area (Å²) in [7, 11) is 1.25. The second-order valence-electron chi connectivity index (χ2n) is 6.62. The third-order valence-electron chi connectivity index (χ3n) is 4.95. The minimum absolute atomic E-state index is 0.0544. The number of hydroxylamine groups is 3. The average molecular weight is 331 g/mol. The standard InChI is InChI=1S/C15H26N2O6/c1-22-17(9-13(18)19)8-12(23-15(17)21)14(20)11(16)7-10-5-3-2-4-6-10/h10-12,14,20H,2-9,16H2,1H3/p+1/t11-,12-,14?,17?/m0/s1. The molecule has 1 aliphatic carbocycles. The number of rotatable bonds is 7. The second-order valence-corrected chi connectivity index (χ2v) is 6.62. The zero-order chi connectivity index (χ0) is 17.0. The number of nitrogens with zero attached hydrogens (tertiary/aromatic N) is 1. The number of hydrogen-bond donors (Lipinski definition) is 3. The molecule has 1 heterocycles. The van der Waals surface area contributed by atoms with Gasteiger partial charge in [-0.3, -0.25) is 0 Å². The largest absolute Gasteiger partial charge is 0.550 e. The maximum atomic E-state index is 12.0. The molecule has 2 fully saturated rings. The lowest BCUT2D eigenvalue weighted by atomic mass is 9.83. The van der Waals surface area contributed by atoms with Crippen LogP contribution in [-0.2, 0) is 14.4 Å². The van der Waals surface area contributed by atoms with Gasteiger partial charge in [0.2, 0.25) is 6.54 Å². The van der Waals surface area contributed by atoms with Crippen molar-refractivity contribution in [3.05, 3.63) is 0 Å². The highest BCUT2D eigenvalue weighted by atomic mass is 16.8. The molecule has 0 bridgehead atoms. The topological polar surface area (TPSA) is 119 Å². The smallest absolute Gasteiger partial charge is 0.477 e. The molecule has 1 saturated heterocycles. The minimum atomic E-state index is -1.18. The Morgan fingerprint density at radius 3 is 2.65 bits per heavy atom. The van der Waals surface area contributed by atoms with E-state index in [-0.39, 0.29) is 6.54 Å². The van der Waals surface area contributed by atoms with Gasteiger partial charge in [-0.05, 0) is 12.3 Å². The molecule has 0 aromatic rings. The summed E-state index contributed by atoms with van der Waals surface area (Å²) in [5, 5.41) is 19.4. The summed E-state index contributed by atoms with van der Waals surface area (Å²) >= 11 is 0. The fraction of sp³-hybridized carbons (Fsp3) is 0.867. The molecular formula is C15H27N2O6+. The normalized spacial score (nSPS) is 31.6. The molecule has 1 saturated carbocycles. The fourth-order valence-electron chi connectivity index (χ4n) is 3.59. The van der Waals surface area contributed by atoms with E-state index in [2.05, 4.69) is 0 Å². The molecule has 0 aromatic carbocycles. The van der Waals surface area contributed by atoms with Crippen LogP contribution in [0, 0.1) is 5.92 Å². The Balaban J connectivity index is 1.95. The number of carboxylic acid groups (broad SMARTS) is 1. The first-order chi connectivity index (χ1) is 10.9. The molecule has 1 aliphatic heterocycles. The predicted octanol–water partition coefficient (Wildman–Crippen LogP) is 0.627. The molecule has 0 aromatic heterocycles. The number of aliphatic hydroxyl groups is 1. The number of ether oxygens (including phenoxy) is 1. The molecule has 8 nitrogen and oxygen atoms in total. The van der Waals surface area contributed by atoms with Crippen molar-refractivity contribution >= 4 is 12.1 Å². The molecule has 4 N–H and O–H groups in total. The van der Waals surface area contributed by atoms with Crippen LogP contribution in [0.3, 0.4) is 0 Å². The van der Waals surface area contributed by atoms with Gasteiger partial charge in [-0.15, -0.1) is 0 Å². The van der Waals surface area contributed by atoms with Gasteiger partial charge in [-0.25, -0.2) is 4.79 Å². The van der Waals surface area contributed by atoms with E-state index < -0.39 is 41.5 Å². The third-order valence-corrected chi connectivity index (χ3v) is 4.95. The summed E-state index contributed by atoms with van der Waals surface area (Å²) < 4.78 is 4.37. The predicted molar refractivity (Wildman–Crippen MR) is 80.1 cm³/mol. The van der Waals surface area contributed by atoms with Gasteiger partial charge in [0.05, 0.1) is 7.11 Å². The number of amides is 1. The van der Waals surface area contributed by atoms with Crippen LogP contribution in [0.25, 0.3) is 0 Å². The molecule has 1 amide bonds. The maximum Gasteiger partial charge on any atom is 0.550 e. The number of aliphatic hydroxyl groups excluding tert-OH is 1. The number of aliphatic carboxylic acids is 1. The van der Waals surface area contributed by atoms with Crippen LogP contribution in [-0.4, -0.2) is 65.4 Å². The molecule has 23 heavy (non-hydrogen) atoms. The third kappa shape index (κ3) is 4.20. The van der Waals surface area contributed by atoms with E-state index in [9.17, 15) is 14.7 Å². The molecule has 4 atom stereocenters. The molecule has 2 unspecified atom stereocenters. The number of quaternary nitrogens is 1. The summed E-state index contributed by atoms with van der Waals surface area (Å²) in [5.41, 5.74) is 6.10. The Labute approximate surface area is 135 Å². The number of cyclic esters (lactones) is 1. The fourth-order valence-corrected chi connectivity index (χ4v) is 3.59. The summed E-state index contributed by atoms with van der Waals surface area (Å²) in [4.78, 5) is 28.0. The summed E-state index contributed by atoms with van der Waals surface area (Å²) in [6, 6.07) is -0.502. The van der Waals surface area contributed by atoms with E-state index in [1.54, 1.807) is 0 Å². The number of carbonyl (C=O) groups is 2. The van der Waals surface area contributed by atoms with Gasteiger partial charge in [0.1, 0.15) is 6.10 Å². The SMILES string of the molecule is CO[N+]1(CC(=O)O)C[C@@H](C(O)[C@@H](N)CC2CCCCC2)OC1=O. The van der Waals surface area contributed by atoms with E-state index in [1.165, 1.54) is 26.4 Å². The lowest BCUT2D eigenvalue weighted by Crippen LogP contribution is -2.53. The lowest BCUT2D eigenvalue weighted by Gasteiger charge is -2.28. The van der Waals surface area contributed by atoms with E-state index in [0.717, 1.165) is 12.8 Å². The van der Waals surface area contributed by atoms with Crippen molar-refractivity contribution in [2.45, 2.75) is 56.8 Å². The first-order valence-electron chi connectivity index (χ1n) is 8.17. The highest BCUT2D eigenvalue weighted by Crippen LogP contribution is 2.30. The minimum Gasteiger partial charge on any atom is -0.477 e. The van der Waals surface area contributed by atoms with E-state index >= 15 is 0 Å². The molecule has 8 heteroatoms. The van der Waals surface area contributed by atoms with Crippen molar-refractivity contribution in [2.75, 3.05) is 20.2 Å². The molecular weight excluding hydrogens is 304 g/mol. The van der Waals surface area contributed by atoms with Crippen molar-refractivity contribution in [2.24, 2.45) is 11.7 Å². The molecule has 0 spiro atoms. The van der Waals surface area contributed by atoms with Crippen LogP contribution in [0.1, 0.15) is 38.5 Å². The van der Waals surface area contributed by atoms with E-state index in [1.807, 2.05) is 0 Å². The van der Waals surface area contributed by atoms with Crippen molar-refractivity contribution in [3.8, 4) is 0 Å². The van der Waals surface area contributed by atoms with Crippen molar-refractivity contribution in [1.29, 1.82) is 0 Å². The zero-order valence-electron chi connectivity index (χ0n) is 13.5. The van der Waals surface area contributed by atoms with Gasteiger partial charge in [0, 0.05) is 6.04 Å². The van der Waals surface area contributed by atoms with Crippen LogP contribution in [0.5, 0.6) is 0 Å². The van der Waals surface area contributed by atoms with Gasteiger partial charge >= 0.3 is 12.1 Å². The van der Waals surface area contributed by atoms with Crippen LogP contribution >= 0.6 is 0 Å². The van der Waals surface area contributed by atoms with Crippen LogP contribution < -0.4 is 5.73 Å². The van der Waals surface area contributed by atoms with Gasteiger partial charge in [0.15, 0.2) is 12.6 Å². The summed E-state index contributed by atoms with van der Waals surface area (Å²) in [6.07, 6.45) is 3.86. The molecule has 132 valence electrons. The molecule has 0 radical (unpaired) electrons. The number of nitrogens with two attached hydrogens (primary N) is 1. The quantitative estimate of drug-likeness (QED) is 0.585. The molecule has 2 aliphatic rings. The Bertz CT molecular complexity index is 440. The highest BCUT2D eigenvalue weighted by Gasteiger charge is 2.55. The number of carbonyl (C=O) groups excluding carboxylic acids is 1. The first-order valence-corrected chi connectivity index (χ1v) is 8.17. The van der Waals surface area contributed by atoms with Crippen LogP contribution in [0.15, 0.2) is 0 Å². The van der Waals surface area contributed by atoms with Gasteiger partial charge in [0.25, 0.3) is 0 Å². The van der Waals surface area contributed by atoms with Crippen molar-refractivity contribution in [3.63, 3.8) is 0 Å². The molecule has 2 rings (SSSR count). The lowest BCUT2D eigenvalue weighted by molar-refractivity contribution is -1.03. The summed E-state index contributed by atoms with van der Waals surface area (Å²) in [5.74, 6) is -0.684. The van der Waals surface area contributed by atoms with Gasteiger partial charge in [-0.2, -0.15) is 9.63 Å². The Morgan fingerprint density at radius 2 is 2.09 bits per heavy atom. The Kier molecular flexibility index (Phi) is 5.96. The zero-order valence-corrected chi connectivity index (χ0v) is 13.5. The summed E-state index contributed by atoms with van der Waals surface area (Å²) in [6.45, 7) is -0.600. The van der Waals surface area contributed by atoms with E-state index in [0.29, 0.717) is 12.3 Å². The second kappa shape index (κ2) is 7.57. The average Bonchev–Trinajstić information content (AvgIpc) is 2.84. The van der Waals surface area contributed by atoms with Crippen LogP contribution in [0.2, 0.25) is 0 Å². The van der Waals surface area contributed by atoms with E-state index in [4.69, 9.17) is 20.4 Å². The number of carboxylic acids is 1. The number of hydrogen-bond acceptors (Lipinski definition) is 6.